The van der Waals surface area contributed by atoms with Crippen LogP contribution in [0, 0.1) is 0 Å². The number of esters is 1. The summed E-state index contributed by atoms with van der Waals surface area (Å²) < 4.78 is 23.8. The van der Waals surface area contributed by atoms with Crippen LogP contribution in [-0.4, -0.2) is 72.7 Å². The second-order valence-corrected chi connectivity index (χ2v) is 8.19. The van der Waals surface area contributed by atoms with E-state index >= 15 is 0 Å². The van der Waals surface area contributed by atoms with Crippen molar-refractivity contribution < 1.29 is 28.8 Å². The zero-order valence-electron chi connectivity index (χ0n) is 19.2. The molecule has 0 spiro atoms. The number of aliphatic hydroxyl groups excluding tert-OH is 1. The Morgan fingerprint density at radius 3 is 2.74 bits per heavy atom. The summed E-state index contributed by atoms with van der Waals surface area (Å²) in [4.78, 5) is 19.7. The number of rotatable bonds is 8. The summed E-state index contributed by atoms with van der Waals surface area (Å²) in [5, 5.41) is 12.9. The van der Waals surface area contributed by atoms with Crippen LogP contribution in [0.5, 0.6) is 11.5 Å². The van der Waals surface area contributed by atoms with Gasteiger partial charge in [0.25, 0.3) is 0 Å². The monoisotopic (exact) mass is 468 g/mol. The molecule has 1 aromatic heterocycles. The largest absolute Gasteiger partial charge is 0.493 e. The minimum atomic E-state index is -0.660. The lowest BCUT2D eigenvalue weighted by molar-refractivity contribution is 0.0325. The maximum absolute atomic E-state index is 12.6. The zero-order chi connectivity index (χ0) is 23.7. The lowest BCUT2D eigenvalue weighted by Gasteiger charge is -2.26. The summed E-state index contributed by atoms with van der Waals surface area (Å²) in [6, 6.07) is 9.37. The molecule has 1 saturated heterocycles. The van der Waals surface area contributed by atoms with Crippen molar-refractivity contribution in [3.05, 3.63) is 47.3 Å². The maximum atomic E-state index is 12.6. The Labute approximate surface area is 197 Å². The van der Waals surface area contributed by atoms with Crippen molar-refractivity contribution >= 4 is 22.7 Å². The Morgan fingerprint density at radius 1 is 1.18 bits per heavy atom. The van der Waals surface area contributed by atoms with E-state index < -0.39 is 12.2 Å². The third-order valence-electron chi connectivity index (χ3n) is 6.21. The molecule has 0 radical (unpaired) electrons. The Kier molecular flexibility index (Phi) is 6.27. The van der Waals surface area contributed by atoms with Crippen molar-refractivity contribution in [1.82, 2.24) is 14.5 Å². The fourth-order valence-corrected chi connectivity index (χ4v) is 4.56. The van der Waals surface area contributed by atoms with Crippen molar-refractivity contribution in [2.45, 2.75) is 19.3 Å². The van der Waals surface area contributed by atoms with Gasteiger partial charge in [0.15, 0.2) is 11.5 Å². The van der Waals surface area contributed by atoms with Crippen LogP contribution in [0.4, 0.5) is 5.69 Å². The van der Waals surface area contributed by atoms with Crippen LogP contribution < -0.4 is 14.8 Å². The highest BCUT2D eigenvalue weighted by Gasteiger charge is 2.36. The van der Waals surface area contributed by atoms with Crippen molar-refractivity contribution in [3.8, 4) is 11.5 Å². The van der Waals surface area contributed by atoms with Crippen LogP contribution in [0.15, 0.2) is 30.3 Å². The van der Waals surface area contributed by atoms with Gasteiger partial charge in [-0.25, -0.2) is 9.78 Å². The van der Waals surface area contributed by atoms with Crippen molar-refractivity contribution in [1.29, 1.82) is 0 Å². The molecule has 1 fully saturated rings. The number of nitrogens with zero attached hydrogens (tertiary/aromatic N) is 3. The summed E-state index contributed by atoms with van der Waals surface area (Å²) in [7, 11) is 3.02. The van der Waals surface area contributed by atoms with Gasteiger partial charge in [0.2, 0.25) is 6.23 Å². The maximum Gasteiger partial charge on any atom is 0.344 e. The first kappa shape index (κ1) is 22.5. The number of methoxy groups -OCH3 is 2. The number of fused-ring (bicyclic) bond motifs is 2. The number of imidazole rings is 1. The Balaban J connectivity index is 1.43. The minimum Gasteiger partial charge on any atom is -0.493 e. The average molecular weight is 469 g/mol. The normalized spacial score (nSPS) is 18.1. The van der Waals surface area contributed by atoms with Gasteiger partial charge in [-0.15, -0.1) is 0 Å². The predicted molar refractivity (Wildman–Crippen MR) is 124 cm³/mol. The van der Waals surface area contributed by atoms with Crippen molar-refractivity contribution in [2.24, 2.45) is 0 Å². The van der Waals surface area contributed by atoms with E-state index in [1.165, 1.54) is 14.2 Å². The molecule has 10 nitrogen and oxygen atoms in total. The highest BCUT2D eigenvalue weighted by atomic mass is 16.6. The molecule has 0 unspecified atom stereocenters. The van der Waals surface area contributed by atoms with E-state index in [2.05, 4.69) is 14.8 Å². The van der Waals surface area contributed by atoms with E-state index in [0.29, 0.717) is 48.9 Å². The Bertz CT molecular complexity index is 1200. The molecule has 0 saturated carbocycles. The number of nitrogens with one attached hydrogen (secondary N) is 1. The number of cyclic esters (lactones) is 1. The van der Waals surface area contributed by atoms with Gasteiger partial charge in [0, 0.05) is 30.9 Å². The molecule has 2 aromatic carbocycles. The van der Waals surface area contributed by atoms with Gasteiger partial charge >= 0.3 is 5.97 Å². The van der Waals surface area contributed by atoms with Gasteiger partial charge in [0.05, 0.1) is 51.6 Å². The first-order valence-electron chi connectivity index (χ1n) is 11.3. The van der Waals surface area contributed by atoms with Crippen LogP contribution in [0.2, 0.25) is 0 Å². The second-order valence-electron chi connectivity index (χ2n) is 8.19. The molecule has 34 heavy (non-hydrogen) atoms. The van der Waals surface area contributed by atoms with Gasteiger partial charge in [-0.1, -0.05) is 0 Å². The van der Waals surface area contributed by atoms with E-state index in [9.17, 15) is 9.90 Å². The predicted octanol–water partition coefficient (Wildman–Crippen LogP) is 2.16. The van der Waals surface area contributed by atoms with Gasteiger partial charge < -0.3 is 33.9 Å². The van der Waals surface area contributed by atoms with Gasteiger partial charge in [0.1, 0.15) is 11.4 Å². The lowest BCUT2D eigenvalue weighted by Crippen LogP contribution is -2.36. The highest BCUT2D eigenvalue weighted by Crippen LogP contribution is 2.42. The molecule has 0 bridgehead atoms. The van der Waals surface area contributed by atoms with Crippen LogP contribution in [-0.2, 0) is 22.6 Å². The number of anilines is 1. The zero-order valence-corrected chi connectivity index (χ0v) is 19.2. The summed E-state index contributed by atoms with van der Waals surface area (Å²) in [5.41, 5.74) is 3.55. The third kappa shape index (κ3) is 4.04. The Morgan fingerprint density at radius 2 is 2.00 bits per heavy atom. The molecular formula is C24H28N4O6. The number of aliphatic hydroxyl groups is 1. The standard InChI is InChI=1S/C24H28N4O6/c1-31-19-6-4-16-21(22(19)32-2)24(30)34-23(16)25-15-3-5-18-17(13-15)26-20(28(18)7-10-29)14-27-8-11-33-12-9-27/h3-6,13,23,25,29H,7-12,14H2,1-2H3/t23-/m1/s1. The fourth-order valence-electron chi connectivity index (χ4n) is 4.56. The van der Waals surface area contributed by atoms with E-state index in [0.717, 1.165) is 35.6 Å². The second kappa shape index (κ2) is 9.49. The van der Waals surface area contributed by atoms with Gasteiger partial charge in [-0.05, 0) is 30.3 Å². The first-order valence-corrected chi connectivity index (χ1v) is 11.3. The van der Waals surface area contributed by atoms with E-state index in [-0.39, 0.29) is 6.61 Å². The number of aromatic nitrogens is 2. The molecular weight excluding hydrogens is 440 g/mol. The number of hydrogen-bond donors (Lipinski definition) is 2. The van der Waals surface area contributed by atoms with E-state index in [4.69, 9.17) is 23.9 Å². The quantitative estimate of drug-likeness (QED) is 0.481. The SMILES string of the molecule is COc1ccc2c(c1OC)C(=O)O[C@H]2Nc1ccc2c(c1)nc(CN1CCOCC1)n2CCO. The topological polar surface area (TPSA) is 107 Å². The number of ether oxygens (including phenoxy) is 4. The number of carbonyl (C=O) groups excluding carboxylic acids is 1. The van der Waals surface area contributed by atoms with Crippen molar-refractivity contribution in [3.63, 3.8) is 0 Å². The molecule has 2 N–H and O–H groups in total. The lowest BCUT2D eigenvalue weighted by atomic mass is 10.1. The first-order chi connectivity index (χ1) is 16.6. The average Bonchev–Trinajstić information content (AvgIpc) is 3.35. The number of morpholine rings is 1. The van der Waals surface area contributed by atoms with Crippen LogP contribution >= 0.6 is 0 Å². The molecule has 1 atom stereocenters. The highest BCUT2D eigenvalue weighted by molar-refractivity contribution is 5.98. The minimum absolute atomic E-state index is 0.0294. The van der Waals surface area contributed by atoms with Crippen LogP contribution in [0.25, 0.3) is 11.0 Å². The number of benzene rings is 2. The molecule has 180 valence electrons. The third-order valence-corrected chi connectivity index (χ3v) is 6.21. The fraction of sp³-hybridized carbons (Fsp3) is 0.417. The summed E-state index contributed by atoms with van der Waals surface area (Å²) in [5.74, 6) is 1.27. The summed E-state index contributed by atoms with van der Waals surface area (Å²) in [6.45, 7) is 4.33. The van der Waals surface area contributed by atoms with E-state index in [1.54, 1.807) is 12.1 Å². The Hall–Kier alpha value is -3.34. The molecule has 2 aliphatic heterocycles. The molecule has 2 aliphatic rings. The molecule has 0 amide bonds. The van der Waals surface area contributed by atoms with Gasteiger partial charge in [-0.3, -0.25) is 4.90 Å². The summed E-state index contributed by atoms with van der Waals surface area (Å²) >= 11 is 0. The molecule has 3 heterocycles. The smallest absolute Gasteiger partial charge is 0.344 e. The summed E-state index contributed by atoms with van der Waals surface area (Å²) in [6.07, 6.45) is -0.660. The van der Waals surface area contributed by atoms with E-state index in [1.807, 2.05) is 18.2 Å². The molecule has 5 rings (SSSR count). The molecule has 10 heteroatoms. The van der Waals surface area contributed by atoms with Gasteiger partial charge in [-0.2, -0.15) is 0 Å². The molecule has 0 aliphatic carbocycles. The van der Waals surface area contributed by atoms with Crippen LogP contribution in [0.1, 0.15) is 28.0 Å². The van der Waals surface area contributed by atoms with Crippen LogP contribution in [0.3, 0.4) is 0 Å². The number of hydrogen-bond acceptors (Lipinski definition) is 9. The molecule has 3 aromatic rings. The number of carbonyl (C=O) groups is 1. The van der Waals surface area contributed by atoms with Crippen molar-refractivity contribution in [2.75, 3.05) is 52.4 Å².